The van der Waals surface area contributed by atoms with E-state index in [0.29, 0.717) is 6.29 Å². The van der Waals surface area contributed by atoms with Gasteiger partial charge in [0.25, 0.3) is 0 Å². The molecule has 0 atom stereocenters. The Hall–Kier alpha value is -0.890. The molecule has 9 heavy (non-hydrogen) atoms. The van der Waals surface area contributed by atoms with Crippen molar-refractivity contribution in [2.45, 2.75) is 0 Å². The van der Waals surface area contributed by atoms with Crippen molar-refractivity contribution in [2.75, 3.05) is 0 Å². The van der Waals surface area contributed by atoms with Crippen molar-refractivity contribution in [1.29, 1.82) is 0 Å². The molecule has 0 saturated carbocycles. The van der Waals surface area contributed by atoms with Crippen LogP contribution in [0.25, 0.3) is 0 Å². The van der Waals surface area contributed by atoms with Crippen molar-refractivity contribution >= 4 is 23.7 Å². The van der Waals surface area contributed by atoms with Gasteiger partial charge in [-0.25, -0.2) is 0 Å². The second-order valence-electron chi connectivity index (χ2n) is 1.22. The molecule has 0 N–H and O–H groups in total. The third kappa shape index (κ3) is 2.82. The molecule has 3 heteroatoms. The number of halogens is 1. The van der Waals surface area contributed by atoms with Crippen molar-refractivity contribution in [3.63, 3.8) is 0 Å². The first-order chi connectivity index (χ1) is 4.22. The maximum absolute atomic E-state index is 10.4. The highest BCUT2D eigenvalue weighted by atomic mass is 35.5. The van der Waals surface area contributed by atoms with Crippen LogP contribution in [0.15, 0.2) is 23.8 Å². The molecule has 0 aliphatic rings. The molecule has 0 fully saturated rings. The lowest BCUT2D eigenvalue weighted by molar-refractivity contribution is -0.111. The zero-order valence-corrected chi connectivity index (χ0v) is 5.39. The smallest absolute Gasteiger partial charge is 0.196 e. The molecule has 0 aromatic carbocycles. The highest BCUT2D eigenvalue weighted by Crippen LogP contribution is 2.00. The summed E-state index contributed by atoms with van der Waals surface area (Å²) in [4.78, 5) is 20.1. The van der Waals surface area contributed by atoms with Gasteiger partial charge >= 0.3 is 0 Å². The number of rotatable bonds is 3. The lowest BCUT2D eigenvalue weighted by Crippen LogP contribution is -1.90. The van der Waals surface area contributed by atoms with E-state index in [1.807, 2.05) is 0 Å². The highest BCUT2D eigenvalue weighted by molar-refractivity contribution is 6.44. The van der Waals surface area contributed by atoms with Crippen LogP contribution in [0.3, 0.4) is 0 Å². The molecule has 0 aliphatic carbocycles. The first-order valence-corrected chi connectivity index (χ1v) is 2.58. The van der Waals surface area contributed by atoms with Gasteiger partial charge in [-0.05, 0) is 6.08 Å². The van der Waals surface area contributed by atoms with Gasteiger partial charge in [0.05, 0.1) is 5.03 Å². The van der Waals surface area contributed by atoms with Crippen molar-refractivity contribution in [3.8, 4) is 0 Å². The van der Waals surface area contributed by atoms with Crippen LogP contribution in [-0.4, -0.2) is 12.1 Å². The fourth-order valence-corrected chi connectivity index (χ4v) is 0.368. The molecule has 0 amide bonds. The normalized spacial score (nSPS) is 10.6. The Kier molecular flexibility index (Phi) is 3.64. The van der Waals surface area contributed by atoms with E-state index in [0.717, 1.165) is 12.2 Å². The molecule has 0 saturated heterocycles. The number of hydrogen-bond donors (Lipinski definition) is 0. The minimum Gasteiger partial charge on any atom is -0.299 e. The molecule has 0 heterocycles. The lowest BCUT2D eigenvalue weighted by Gasteiger charge is -1.83. The summed E-state index contributed by atoms with van der Waals surface area (Å²) in [6, 6.07) is 0. The van der Waals surface area contributed by atoms with Crippen LogP contribution in [0.4, 0.5) is 0 Å². The summed E-state index contributed by atoms with van der Waals surface area (Å²) in [5.41, 5.74) is 0. The van der Waals surface area contributed by atoms with Crippen LogP contribution in [0.2, 0.25) is 0 Å². The standard InChI is InChI=1S/C6H5ClO2/c1-2-6(9)5(7)3-4-8/h2-4H,1H2. The van der Waals surface area contributed by atoms with Gasteiger partial charge in [-0.3, -0.25) is 9.59 Å². The molecular formula is C6H5ClO2. The first kappa shape index (κ1) is 8.11. The molecule has 0 aromatic rings. The summed E-state index contributed by atoms with van der Waals surface area (Å²) in [5, 5.41) is -0.111. The maximum atomic E-state index is 10.4. The van der Waals surface area contributed by atoms with Gasteiger partial charge in [0.2, 0.25) is 0 Å². The van der Waals surface area contributed by atoms with Crippen LogP contribution in [0, 0.1) is 0 Å². The number of allylic oxidation sites excluding steroid dienone is 3. The average molecular weight is 145 g/mol. The number of carbonyl (C=O) groups excluding carboxylic acids is 2. The largest absolute Gasteiger partial charge is 0.299 e. The molecule has 0 radical (unpaired) electrons. The number of ketones is 1. The zero-order valence-electron chi connectivity index (χ0n) is 4.63. The Morgan fingerprint density at radius 3 is 2.44 bits per heavy atom. The van der Waals surface area contributed by atoms with E-state index in [4.69, 9.17) is 11.6 Å². The third-order valence-electron chi connectivity index (χ3n) is 0.635. The summed E-state index contributed by atoms with van der Waals surface area (Å²) in [6.45, 7) is 3.17. The molecular weight excluding hydrogens is 140 g/mol. The summed E-state index contributed by atoms with van der Waals surface area (Å²) < 4.78 is 0. The van der Waals surface area contributed by atoms with Gasteiger partial charge in [-0.15, -0.1) is 0 Å². The highest BCUT2D eigenvalue weighted by Gasteiger charge is 1.97. The zero-order chi connectivity index (χ0) is 7.28. The topological polar surface area (TPSA) is 34.1 Å². The fourth-order valence-electron chi connectivity index (χ4n) is 0.239. The Balaban J connectivity index is 4.18. The van der Waals surface area contributed by atoms with E-state index in [9.17, 15) is 9.59 Å². The molecule has 0 aliphatic heterocycles. The van der Waals surface area contributed by atoms with Crippen molar-refractivity contribution in [1.82, 2.24) is 0 Å². The predicted molar refractivity (Wildman–Crippen MR) is 35.2 cm³/mol. The second-order valence-corrected chi connectivity index (χ2v) is 1.63. The summed E-state index contributed by atoms with van der Waals surface area (Å²) in [7, 11) is 0. The van der Waals surface area contributed by atoms with E-state index in [1.165, 1.54) is 0 Å². The van der Waals surface area contributed by atoms with E-state index >= 15 is 0 Å². The van der Waals surface area contributed by atoms with Crippen LogP contribution in [0.1, 0.15) is 0 Å². The van der Waals surface area contributed by atoms with Gasteiger partial charge in [-0.1, -0.05) is 18.2 Å². The Morgan fingerprint density at radius 1 is 1.56 bits per heavy atom. The molecule has 0 bridgehead atoms. The van der Waals surface area contributed by atoms with Crippen molar-refractivity contribution < 1.29 is 9.59 Å². The van der Waals surface area contributed by atoms with Gasteiger partial charge < -0.3 is 0 Å². The minimum absolute atomic E-state index is 0.111. The van der Waals surface area contributed by atoms with Crippen molar-refractivity contribution in [3.05, 3.63) is 23.8 Å². The van der Waals surface area contributed by atoms with Crippen molar-refractivity contribution in [2.24, 2.45) is 0 Å². The number of hydrogen-bond acceptors (Lipinski definition) is 2. The summed E-state index contributed by atoms with van der Waals surface area (Å²) >= 11 is 5.24. The van der Waals surface area contributed by atoms with Crippen LogP contribution < -0.4 is 0 Å². The van der Waals surface area contributed by atoms with E-state index < -0.39 is 5.78 Å². The van der Waals surface area contributed by atoms with Crippen LogP contribution in [0.5, 0.6) is 0 Å². The van der Waals surface area contributed by atoms with Crippen LogP contribution >= 0.6 is 11.6 Å². The molecule has 2 nitrogen and oxygen atoms in total. The third-order valence-corrected chi connectivity index (χ3v) is 0.947. The van der Waals surface area contributed by atoms with Gasteiger partial charge in [-0.2, -0.15) is 0 Å². The summed E-state index contributed by atoms with van der Waals surface area (Å²) in [6.07, 6.45) is 2.47. The first-order valence-electron chi connectivity index (χ1n) is 2.20. The quantitative estimate of drug-likeness (QED) is 0.439. The van der Waals surface area contributed by atoms with E-state index in [1.54, 1.807) is 0 Å². The molecule has 0 spiro atoms. The Bertz CT molecular complexity index is 170. The fraction of sp³-hybridized carbons (Fsp3) is 0. The maximum Gasteiger partial charge on any atom is 0.196 e. The van der Waals surface area contributed by atoms with Crippen LogP contribution in [-0.2, 0) is 9.59 Å². The predicted octanol–water partition coefficient (Wildman–Crippen LogP) is 1.06. The SMILES string of the molecule is C=CC(=O)C(Cl)=CC=O. The summed E-state index contributed by atoms with van der Waals surface area (Å²) in [5.74, 6) is -0.441. The molecule has 0 aromatic heterocycles. The number of carbonyl (C=O) groups is 2. The average Bonchev–Trinajstić information content (AvgIpc) is 1.87. The van der Waals surface area contributed by atoms with Gasteiger partial charge in [0.1, 0.15) is 6.29 Å². The Labute approximate surface area is 57.8 Å². The minimum atomic E-state index is -0.441. The number of aldehydes is 1. The monoisotopic (exact) mass is 144 g/mol. The second kappa shape index (κ2) is 4.04. The lowest BCUT2D eigenvalue weighted by atomic mass is 10.3. The van der Waals surface area contributed by atoms with Gasteiger partial charge in [0.15, 0.2) is 5.78 Å². The molecule has 0 rings (SSSR count). The molecule has 48 valence electrons. The van der Waals surface area contributed by atoms with Gasteiger partial charge in [0, 0.05) is 6.08 Å². The molecule has 0 unspecified atom stereocenters. The van der Waals surface area contributed by atoms with E-state index in [2.05, 4.69) is 6.58 Å². The van der Waals surface area contributed by atoms with E-state index in [-0.39, 0.29) is 5.03 Å². The Morgan fingerprint density at radius 2 is 2.11 bits per heavy atom.